The molecule has 4 saturated carbocycles. The highest BCUT2D eigenvalue weighted by Crippen LogP contribution is 2.33. The highest BCUT2D eigenvalue weighted by molar-refractivity contribution is 7.99. The maximum absolute atomic E-state index is 12.8. The van der Waals surface area contributed by atoms with E-state index in [9.17, 15) is 14.4 Å². The summed E-state index contributed by atoms with van der Waals surface area (Å²) in [6.45, 7) is 0. The second kappa shape index (κ2) is 29.5. The minimum absolute atomic E-state index is 0.0501. The molecule has 4 aliphatic rings. The number of ketones is 1. The summed E-state index contributed by atoms with van der Waals surface area (Å²) in [4.78, 5) is 38.1. The largest absolute Gasteiger partial charge is 0.461 e. The second-order valence-corrected chi connectivity index (χ2v) is 20.3. The number of hydrogen-bond donors (Lipinski definition) is 0. The van der Waals surface area contributed by atoms with E-state index >= 15 is 0 Å². The number of carbonyl (C=O) groups is 3. The fraction of sp³-hybridized carbons (Fsp3) is 0.936. The van der Waals surface area contributed by atoms with Crippen LogP contribution in [-0.2, 0) is 23.9 Å². The fourth-order valence-electron chi connectivity index (χ4n) is 9.88. The smallest absolute Gasteiger partial charge is 0.306 e. The number of Topliss-reactive ketones (excluding diaryl/α,β-unsaturated/α-hetero) is 1. The molecule has 5 nitrogen and oxygen atoms in total. The molecule has 4 rings (SSSR count). The molecular weight excluding hydrogens is 709 g/mol. The summed E-state index contributed by atoms with van der Waals surface area (Å²) in [6, 6.07) is 0. The Bertz CT molecular complexity index is 905. The van der Waals surface area contributed by atoms with E-state index in [1.807, 2.05) is 23.5 Å². The molecule has 4 fully saturated rings. The third-order valence-electron chi connectivity index (χ3n) is 13.4. The van der Waals surface area contributed by atoms with Crippen molar-refractivity contribution in [3.63, 3.8) is 0 Å². The van der Waals surface area contributed by atoms with E-state index in [1.54, 1.807) is 0 Å². The molecule has 0 amide bonds. The van der Waals surface area contributed by atoms with Crippen molar-refractivity contribution in [1.29, 1.82) is 0 Å². The minimum Gasteiger partial charge on any atom is -0.461 e. The van der Waals surface area contributed by atoms with Crippen molar-refractivity contribution in [2.24, 2.45) is 23.7 Å². The number of ether oxygens (including phenoxy) is 2. The monoisotopic (exact) mass is 791 g/mol. The Morgan fingerprint density at radius 1 is 0.426 bits per heavy atom. The van der Waals surface area contributed by atoms with Crippen molar-refractivity contribution in [2.75, 3.05) is 23.0 Å². The Hall–Kier alpha value is -0.690. The summed E-state index contributed by atoms with van der Waals surface area (Å²) in [5.74, 6) is 7.28. The molecule has 0 aromatic heterocycles. The lowest BCUT2D eigenvalue weighted by molar-refractivity contribution is -0.152. The molecular formula is C47H82O5S2. The van der Waals surface area contributed by atoms with Gasteiger partial charge in [0.2, 0.25) is 0 Å². The van der Waals surface area contributed by atoms with Crippen LogP contribution in [0.25, 0.3) is 0 Å². The van der Waals surface area contributed by atoms with E-state index < -0.39 is 0 Å². The lowest BCUT2D eigenvalue weighted by atomic mass is 9.85. The van der Waals surface area contributed by atoms with Crippen LogP contribution < -0.4 is 0 Å². The van der Waals surface area contributed by atoms with Crippen LogP contribution in [-0.4, -0.2) is 52.9 Å². The zero-order chi connectivity index (χ0) is 37.9. The predicted molar refractivity (Wildman–Crippen MR) is 230 cm³/mol. The highest BCUT2D eigenvalue weighted by Gasteiger charge is 2.29. The standard InChI is InChI=1S/C47H82O5S2/c48-43(29-17-1-3-19-35-53-37-44(41-25-13-7-14-26-41)51-46(49)33-31-39-21-9-5-10-22-39)30-18-2-4-20-36-54-38-45(42-27-15-8-16-28-42)52-47(50)34-32-40-23-11-6-12-24-40/h39-42,44-45H,1-38H2. The zero-order valence-electron chi connectivity index (χ0n) is 34.7. The van der Waals surface area contributed by atoms with Crippen molar-refractivity contribution in [1.82, 2.24) is 0 Å². The summed E-state index contributed by atoms with van der Waals surface area (Å²) < 4.78 is 12.3. The van der Waals surface area contributed by atoms with E-state index in [0.717, 1.165) is 86.2 Å². The molecule has 0 aromatic rings. The minimum atomic E-state index is 0.0501. The van der Waals surface area contributed by atoms with Crippen molar-refractivity contribution < 1.29 is 23.9 Å². The van der Waals surface area contributed by atoms with Crippen LogP contribution in [0.2, 0.25) is 0 Å². The first kappa shape index (κ1) is 46.0. The lowest BCUT2D eigenvalue weighted by Crippen LogP contribution is -2.31. The van der Waals surface area contributed by atoms with Gasteiger partial charge in [-0.25, -0.2) is 0 Å². The van der Waals surface area contributed by atoms with Gasteiger partial charge < -0.3 is 9.47 Å². The molecule has 0 radical (unpaired) electrons. The van der Waals surface area contributed by atoms with Gasteiger partial charge in [-0.3, -0.25) is 14.4 Å². The van der Waals surface area contributed by atoms with Crippen molar-refractivity contribution >= 4 is 41.2 Å². The molecule has 7 heteroatoms. The molecule has 2 unspecified atom stereocenters. The van der Waals surface area contributed by atoms with Crippen LogP contribution in [0.3, 0.4) is 0 Å². The Kier molecular flexibility index (Phi) is 25.1. The summed E-state index contributed by atoms with van der Waals surface area (Å²) >= 11 is 3.96. The van der Waals surface area contributed by atoms with E-state index in [4.69, 9.17) is 9.47 Å². The predicted octanol–water partition coefficient (Wildman–Crippen LogP) is 13.6. The van der Waals surface area contributed by atoms with Gasteiger partial charge >= 0.3 is 11.9 Å². The molecule has 0 aromatic carbocycles. The summed E-state index contributed by atoms with van der Waals surface area (Å²) in [5.41, 5.74) is 0. The molecule has 0 aliphatic heterocycles. The Morgan fingerprint density at radius 2 is 0.778 bits per heavy atom. The van der Waals surface area contributed by atoms with Gasteiger partial charge in [0.15, 0.2) is 0 Å². The normalized spacial score (nSPS) is 20.7. The van der Waals surface area contributed by atoms with Gasteiger partial charge in [-0.1, -0.05) is 128 Å². The summed E-state index contributed by atoms with van der Waals surface area (Å²) in [7, 11) is 0. The molecule has 2 atom stereocenters. The molecule has 54 heavy (non-hydrogen) atoms. The SMILES string of the molecule is O=C(CCCCCCSCC(OC(=O)CCC1CCCCC1)C1CCCCC1)CCCCCCSCC(OC(=O)CCC1CCCCC1)C1CCCCC1. The van der Waals surface area contributed by atoms with Crippen LogP contribution in [0.4, 0.5) is 0 Å². The third kappa shape index (κ3) is 20.6. The van der Waals surface area contributed by atoms with Gasteiger partial charge in [-0.15, -0.1) is 0 Å². The average Bonchev–Trinajstić information content (AvgIpc) is 3.21. The molecule has 0 spiro atoms. The summed E-state index contributed by atoms with van der Waals surface area (Å²) in [5, 5.41) is 0. The molecule has 0 heterocycles. The molecule has 312 valence electrons. The van der Waals surface area contributed by atoms with Crippen LogP contribution >= 0.6 is 23.5 Å². The first-order valence-corrected chi connectivity index (χ1v) is 25.9. The van der Waals surface area contributed by atoms with Gasteiger partial charge in [0.25, 0.3) is 0 Å². The van der Waals surface area contributed by atoms with Crippen LogP contribution in [0.1, 0.15) is 218 Å². The van der Waals surface area contributed by atoms with Gasteiger partial charge in [0.1, 0.15) is 18.0 Å². The first-order chi connectivity index (χ1) is 26.6. The van der Waals surface area contributed by atoms with Gasteiger partial charge in [-0.05, 0) is 99.4 Å². The number of esters is 2. The second-order valence-electron chi connectivity index (χ2n) is 18.0. The van der Waals surface area contributed by atoms with Gasteiger partial charge in [0, 0.05) is 37.2 Å². The summed E-state index contributed by atoms with van der Waals surface area (Å²) in [6.07, 6.45) is 40.0. The Morgan fingerprint density at radius 3 is 1.17 bits per heavy atom. The third-order valence-corrected chi connectivity index (χ3v) is 15.7. The lowest BCUT2D eigenvalue weighted by Gasteiger charge is -2.30. The van der Waals surface area contributed by atoms with E-state index in [-0.39, 0.29) is 24.1 Å². The molecule has 0 saturated heterocycles. The highest BCUT2D eigenvalue weighted by atomic mass is 32.2. The Labute approximate surface area is 340 Å². The first-order valence-electron chi connectivity index (χ1n) is 23.6. The van der Waals surface area contributed by atoms with Crippen LogP contribution in [0.15, 0.2) is 0 Å². The number of carbonyl (C=O) groups excluding carboxylic acids is 3. The fourth-order valence-corrected chi connectivity index (χ4v) is 12.2. The maximum atomic E-state index is 12.8. The quantitative estimate of drug-likeness (QED) is 0.0577. The van der Waals surface area contributed by atoms with Crippen molar-refractivity contribution in [2.45, 2.75) is 231 Å². The molecule has 4 aliphatic carbocycles. The molecule has 0 bridgehead atoms. The number of rotatable bonds is 28. The number of hydrogen-bond acceptors (Lipinski definition) is 7. The van der Waals surface area contributed by atoms with Crippen LogP contribution in [0, 0.1) is 23.7 Å². The average molecular weight is 791 g/mol. The topological polar surface area (TPSA) is 69.7 Å². The van der Waals surface area contributed by atoms with Gasteiger partial charge in [0.05, 0.1) is 0 Å². The van der Waals surface area contributed by atoms with E-state index in [1.165, 1.54) is 154 Å². The number of thioether (sulfide) groups is 2. The van der Waals surface area contributed by atoms with Crippen molar-refractivity contribution in [3.05, 3.63) is 0 Å². The van der Waals surface area contributed by atoms with E-state index in [2.05, 4.69) is 0 Å². The Balaban J connectivity index is 0.961. The maximum Gasteiger partial charge on any atom is 0.306 e. The molecule has 0 N–H and O–H groups in total. The van der Waals surface area contributed by atoms with Crippen LogP contribution in [0.5, 0.6) is 0 Å². The van der Waals surface area contributed by atoms with Crippen molar-refractivity contribution in [3.8, 4) is 0 Å². The zero-order valence-corrected chi connectivity index (χ0v) is 36.3. The van der Waals surface area contributed by atoms with E-state index in [0.29, 0.717) is 30.5 Å². The number of unbranched alkanes of at least 4 members (excludes halogenated alkanes) is 6. The van der Waals surface area contributed by atoms with Gasteiger partial charge in [-0.2, -0.15) is 23.5 Å².